The molecule has 1 aliphatic rings. The Kier molecular flexibility index (Phi) is 5.00. The van der Waals surface area contributed by atoms with Gasteiger partial charge in [0.1, 0.15) is 12.1 Å². The number of rotatable bonds is 4. The number of piperazine rings is 1. The quantitative estimate of drug-likeness (QED) is 0.932. The first-order chi connectivity index (χ1) is 11.6. The summed E-state index contributed by atoms with van der Waals surface area (Å²) in [5.74, 6) is -0.381. The van der Waals surface area contributed by atoms with Gasteiger partial charge in [0, 0.05) is 18.6 Å². The van der Waals surface area contributed by atoms with Gasteiger partial charge < -0.3 is 14.6 Å². The maximum Gasteiger partial charge on any atom is 0.257 e. The molecule has 2 aromatic rings. The summed E-state index contributed by atoms with van der Waals surface area (Å²) < 4.78 is 18.9. The third-order valence-corrected chi connectivity index (χ3v) is 4.51. The summed E-state index contributed by atoms with van der Waals surface area (Å²) in [6.07, 6.45) is 5.82. The van der Waals surface area contributed by atoms with Crippen LogP contribution < -0.4 is 5.32 Å². The lowest BCUT2D eigenvalue weighted by Crippen LogP contribution is -2.58. The van der Waals surface area contributed by atoms with E-state index in [-0.39, 0.29) is 29.8 Å². The van der Waals surface area contributed by atoms with Gasteiger partial charge in [0.25, 0.3) is 5.91 Å². The van der Waals surface area contributed by atoms with Crippen LogP contribution in [0.3, 0.4) is 0 Å². The van der Waals surface area contributed by atoms with E-state index in [4.69, 9.17) is 4.42 Å². The molecule has 3 unspecified atom stereocenters. The van der Waals surface area contributed by atoms with Gasteiger partial charge in [-0.05, 0) is 43.5 Å². The van der Waals surface area contributed by atoms with E-state index in [9.17, 15) is 9.18 Å². The highest BCUT2D eigenvalue weighted by atomic mass is 19.1. The Balaban J connectivity index is 2.02. The van der Waals surface area contributed by atoms with E-state index in [1.807, 2.05) is 24.8 Å². The van der Waals surface area contributed by atoms with Crippen LogP contribution >= 0.6 is 0 Å². The van der Waals surface area contributed by atoms with Crippen molar-refractivity contribution in [3.63, 3.8) is 0 Å². The van der Waals surface area contributed by atoms with E-state index in [2.05, 4.69) is 11.7 Å². The van der Waals surface area contributed by atoms with Crippen LogP contribution in [-0.4, -0.2) is 29.4 Å². The molecule has 1 fully saturated rings. The predicted molar refractivity (Wildman–Crippen MR) is 89.9 cm³/mol. The number of furan rings is 1. The molecule has 3 atom stereocenters. The summed E-state index contributed by atoms with van der Waals surface area (Å²) in [4.78, 5) is 14.9. The van der Waals surface area contributed by atoms with E-state index in [0.29, 0.717) is 12.1 Å². The number of carbonyl (C=O) groups is 1. The molecule has 0 aliphatic carbocycles. The molecule has 1 amide bonds. The number of hydrogen-bond acceptors (Lipinski definition) is 3. The zero-order chi connectivity index (χ0) is 17.1. The van der Waals surface area contributed by atoms with Gasteiger partial charge in [-0.1, -0.05) is 19.1 Å². The monoisotopic (exact) mass is 329 g/mol. The van der Waals surface area contributed by atoms with Crippen molar-refractivity contribution in [3.8, 4) is 0 Å². The van der Waals surface area contributed by atoms with Crippen molar-refractivity contribution >= 4 is 5.91 Å². The lowest BCUT2D eigenvalue weighted by molar-refractivity contribution is 0.0406. The highest BCUT2D eigenvalue weighted by molar-refractivity contribution is 5.94. The fraction of sp³-hybridized carbons (Fsp3) is 0.368. The summed E-state index contributed by atoms with van der Waals surface area (Å²) in [5, 5.41) is 3.50. The lowest BCUT2D eigenvalue weighted by Gasteiger charge is -2.46. The smallest absolute Gasteiger partial charge is 0.257 e. The molecule has 1 radical (unpaired) electrons. The maximum atomic E-state index is 13.8. The highest BCUT2D eigenvalue weighted by Gasteiger charge is 2.39. The molecule has 5 heteroatoms. The molecule has 2 heterocycles. The minimum atomic E-state index is -0.291. The first kappa shape index (κ1) is 16.7. The Hall–Kier alpha value is -2.14. The second kappa shape index (κ2) is 7.18. The topological polar surface area (TPSA) is 45.5 Å². The molecule has 1 N–H and O–H groups in total. The minimum absolute atomic E-state index is 0.00577. The van der Waals surface area contributed by atoms with E-state index in [1.165, 1.54) is 24.7 Å². The molecule has 0 spiro atoms. The van der Waals surface area contributed by atoms with E-state index in [0.717, 1.165) is 12.0 Å². The predicted octanol–water partition coefficient (Wildman–Crippen LogP) is 3.58. The van der Waals surface area contributed by atoms with Crippen LogP contribution in [0.5, 0.6) is 0 Å². The summed E-state index contributed by atoms with van der Waals surface area (Å²) in [5.41, 5.74) is 1.32. The number of benzene rings is 1. The molecule has 1 saturated heterocycles. The molecule has 1 aliphatic heterocycles. The standard InChI is InChI=1S/C19H22FN2O2/c1-3-5-17-18(14-6-4-7-16(20)10-14)22(13(2)11-21-17)19(23)15-8-9-24-12-15/h3-4,6-10,12-13,17-18,21H,5,11H2,1-2H3. The van der Waals surface area contributed by atoms with Crippen molar-refractivity contribution in [1.82, 2.24) is 10.2 Å². The molecular formula is C19H22FN2O2. The summed E-state index contributed by atoms with van der Waals surface area (Å²) >= 11 is 0. The Labute approximate surface area is 141 Å². The van der Waals surface area contributed by atoms with Gasteiger partial charge in [-0.3, -0.25) is 4.79 Å². The number of amides is 1. The number of nitrogens with zero attached hydrogens (tertiary/aromatic N) is 1. The second-order valence-corrected chi connectivity index (χ2v) is 6.23. The van der Waals surface area contributed by atoms with Gasteiger partial charge in [-0.2, -0.15) is 0 Å². The SMILES string of the molecule is C[CH]CC1NCC(C)N(C(=O)c2ccoc2)C1c1cccc(F)c1. The van der Waals surface area contributed by atoms with Crippen molar-refractivity contribution in [2.24, 2.45) is 0 Å². The van der Waals surface area contributed by atoms with Crippen molar-refractivity contribution in [3.05, 3.63) is 66.2 Å². The van der Waals surface area contributed by atoms with Crippen molar-refractivity contribution in [2.75, 3.05) is 6.54 Å². The van der Waals surface area contributed by atoms with Crippen LogP contribution in [0.2, 0.25) is 0 Å². The number of nitrogens with one attached hydrogen (secondary N) is 1. The number of carbonyl (C=O) groups excluding carboxylic acids is 1. The summed E-state index contributed by atoms with van der Waals surface area (Å²) in [7, 11) is 0. The zero-order valence-electron chi connectivity index (χ0n) is 13.9. The van der Waals surface area contributed by atoms with Crippen LogP contribution in [0.15, 0.2) is 47.3 Å². The number of halogens is 1. The van der Waals surface area contributed by atoms with Crippen molar-refractivity contribution in [2.45, 2.75) is 38.4 Å². The fourth-order valence-electron chi connectivity index (χ4n) is 3.41. The van der Waals surface area contributed by atoms with Gasteiger partial charge in [0.05, 0.1) is 17.9 Å². The molecule has 4 nitrogen and oxygen atoms in total. The molecule has 24 heavy (non-hydrogen) atoms. The first-order valence-electron chi connectivity index (χ1n) is 8.23. The van der Waals surface area contributed by atoms with Gasteiger partial charge in [-0.25, -0.2) is 4.39 Å². The normalized spacial score (nSPS) is 24.1. The van der Waals surface area contributed by atoms with Gasteiger partial charge in [0.15, 0.2) is 0 Å². The highest BCUT2D eigenvalue weighted by Crippen LogP contribution is 2.33. The van der Waals surface area contributed by atoms with Crippen LogP contribution in [0, 0.1) is 12.2 Å². The maximum absolute atomic E-state index is 13.8. The average Bonchev–Trinajstić information content (AvgIpc) is 3.10. The lowest BCUT2D eigenvalue weighted by atomic mass is 9.90. The first-order valence-corrected chi connectivity index (χ1v) is 8.23. The van der Waals surface area contributed by atoms with Crippen LogP contribution in [-0.2, 0) is 0 Å². The Bertz CT molecular complexity index is 686. The second-order valence-electron chi connectivity index (χ2n) is 6.23. The van der Waals surface area contributed by atoms with E-state index in [1.54, 1.807) is 12.1 Å². The van der Waals surface area contributed by atoms with Crippen molar-refractivity contribution in [1.29, 1.82) is 0 Å². The summed E-state index contributed by atoms with van der Waals surface area (Å²) in [6, 6.07) is 7.99. The Morgan fingerprint density at radius 1 is 1.46 bits per heavy atom. The average molecular weight is 329 g/mol. The van der Waals surface area contributed by atoms with E-state index < -0.39 is 0 Å². The van der Waals surface area contributed by atoms with Gasteiger partial charge >= 0.3 is 0 Å². The van der Waals surface area contributed by atoms with Crippen LogP contribution in [0.25, 0.3) is 0 Å². The number of hydrogen-bond donors (Lipinski definition) is 1. The fourth-order valence-corrected chi connectivity index (χ4v) is 3.41. The molecule has 0 saturated carbocycles. The molecular weight excluding hydrogens is 307 g/mol. The molecule has 0 bridgehead atoms. The Morgan fingerprint density at radius 3 is 2.96 bits per heavy atom. The molecule has 3 rings (SSSR count). The Morgan fingerprint density at radius 2 is 2.29 bits per heavy atom. The molecule has 1 aromatic carbocycles. The van der Waals surface area contributed by atoms with Crippen LogP contribution in [0.1, 0.15) is 42.2 Å². The van der Waals surface area contributed by atoms with E-state index >= 15 is 0 Å². The zero-order valence-corrected chi connectivity index (χ0v) is 13.9. The largest absolute Gasteiger partial charge is 0.472 e. The van der Waals surface area contributed by atoms with Crippen molar-refractivity contribution < 1.29 is 13.6 Å². The molecule has 127 valence electrons. The summed E-state index contributed by atoms with van der Waals surface area (Å²) in [6.45, 7) is 4.70. The van der Waals surface area contributed by atoms with Crippen LogP contribution in [0.4, 0.5) is 4.39 Å². The third-order valence-electron chi connectivity index (χ3n) is 4.51. The third kappa shape index (κ3) is 3.22. The van der Waals surface area contributed by atoms with Gasteiger partial charge in [-0.15, -0.1) is 0 Å². The molecule has 1 aromatic heterocycles. The van der Waals surface area contributed by atoms with Gasteiger partial charge in [0.2, 0.25) is 0 Å². The minimum Gasteiger partial charge on any atom is -0.472 e.